The van der Waals surface area contributed by atoms with Crippen LogP contribution in [0, 0.1) is 0 Å². The van der Waals surface area contributed by atoms with Crippen LogP contribution >= 0.6 is 0 Å². The van der Waals surface area contributed by atoms with Gasteiger partial charge in [0.05, 0.1) is 19.0 Å². The van der Waals surface area contributed by atoms with Crippen LogP contribution in [0.1, 0.15) is 19.0 Å². The third-order valence-electron chi connectivity index (χ3n) is 3.41. The van der Waals surface area contributed by atoms with Crippen molar-refractivity contribution in [3.05, 3.63) is 42.4 Å². The van der Waals surface area contributed by atoms with E-state index in [1.807, 2.05) is 24.3 Å². The average Bonchev–Trinajstić information content (AvgIpc) is 2.56. The summed E-state index contributed by atoms with van der Waals surface area (Å²) in [6.45, 7) is 2.25. The smallest absolute Gasteiger partial charge is 0.238 e. The van der Waals surface area contributed by atoms with E-state index in [1.165, 1.54) is 0 Å². The molecule has 0 unspecified atom stereocenters. The van der Waals surface area contributed by atoms with Crippen molar-refractivity contribution in [3.63, 3.8) is 0 Å². The molecule has 1 aromatic heterocycles. The van der Waals surface area contributed by atoms with Gasteiger partial charge in [-0.2, -0.15) is 0 Å². The van der Waals surface area contributed by atoms with Crippen LogP contribution < -0.4 is 9.47 Å². The third kappa shape index (κ3) is 5.25. The molecule has 0 aliphatic heterocycles. The summed E-state index contributed by atoms with van der Waals surface area (Å²) in [5, 5.41) is 0. The van der Waals surface area contributed by atoms with Crippen LogP contribution in [0.15, 0.2) is 36.7 Å². The highest BCUT2D eigenvalue weighted by Crippen LogP contribution is 2.22. The molecule has 0 bridgehead atoms. The van der Waals surface area contributed by atoms with Gasteiger partial charge in [-0.05, 0) is 37.1 Å². The van der Waals surface area contributed by atoms with Crippen LogP contribution in [0.25, 0.3) is 0 Å². The summed E-state index contributed by atoms with van der Waals surface area (Å²) < 4.78 is 10.8. The first-order valence-electron chi connectivity index (χ1n) is 7.43. The number of ether oxygens (including phenoxy) is 2. The van der Waals surface area contributed by atoms with E-state index >= 15 is 0 Å². The van der Waals surface area contributed by atoms with Crippen LogP contribution in [0.3, 0.4) is 0 Å². The molecular formula is C17H21N3O3. The van der Waals surface area contributed by atoms with Gasteiger partial charge >= 0.3 is 0 Å². The number of aromatic nitrogens is 2. The zero-order valence-electron chi connectivity index (χ0n) is 13.7. The molecule has 0 saturated carbocycles. The van der Waals surface area contributed by atoms with E-state index in [9.17, 15) is 4.79 Å². The molecule has 0 fully saturated rings. The van der Waals surface area contributed by atoms with E-state index in [4.69, 9.17) is 9.47 Å². The normalized spacial score (nSPS) is 10.2. The second kappa shape index (κ2) is 8.12. The van der Waals surface area contributed by atoms with Crippen molar-refractivity contribution in [2.45, 2.75) is 19.8 Å². The van der Waals surface area contributed by atoms with Crippen LogP contribution in [0.2, 0.25) is 0 Å². The molecule has 0 atom stereocenters. The van der Waals surface area contributed by atoms with Crippen LogP contribution in [0.4, 0.5) is 0 Å². The predicted molar refractivity (Wildman–Crippen MR) is 86.7 cm³/mol. The lowest BCUT2D eigenvalue weighted by molar-refractivity contribution is -0.127. The fourth-order valence-corrected chi connectivity index (χ4v) is 1.98. The van der Waals surface area contributed by atoms with Gasteiger partial charge in [-0.1, -0.05) is 0 Å². The van der Waals surface area contributed by atoms with E-state index in [0.29, 0.717) is 18.2 Å². The Hall–Kier alpha value is -2.63. The molecule has 23 heavy (non-hydrogen) atoms. The number of aryl methyl sites for hydroxylation is 1. The predicted octanol–water partition coefficient (Wildman–Crippen LogP) is 2.69. The maximum atomic E-state index is 11.2. The lowest BCUT2D eigenvalue weighted by Gasteiger charge is -2.14. The first-order valence-corrected chi connectivity index (χ1v) is 7.43. The molecule has 122 valence electrons. The van der Waals surface area contributed by atoms with Gasteiger partial charge in [-0.3, -0.25) is 9.78 Å². The van der Waals surface area contributed by atoms with Crippen molar-refractivity contribution in [1.82, 2.24) is 14.9 Å². The number of amides is 1. The van der Waals surface area contributed by atoms with E-state index in [1.54, 1.807) is 38.4 Å². The number of methoxy groups -OCH3 is 1. The summed E-state index contributed by atoms with van der Waals surface area (Å²) in [7, 11) is 3.41. The molecule has 0 radical (unpaired) electrons. The standard InChI is InChI=1S/C17H21N3O3/c1-13(21)20(2)10-4-5-14-11-18-12-17(19-14)23-16-8-6-15(22-3)7-9-16/h6-9,11-12H,4-5,10H2,1-3H3. The Morgan fingerprint density at radius 1 is 1.17 bits per heavy atom. The van der Waals surface area contributed by atoms with Gasteiger partial charge in [0.15, 0.2) is 0 Å². The lowest BCUT2D eigenvalue weighted by atomic mass is 10.2. The number of benzene rings is 1. The molecule has 0 spiro atoms. The first-order chi connectivity index (χ1) is 11.1. The first kappa shape index (κ1) is 16.7. The molecule has 0 aliphatic rings. The van der Waals surface area contributed by atoms with E-state index in [-0.39, 0.29) is 5.91 Å². The second-order valence-corrected chi connectivity index (χ2v) is 5.17. The SMILES string of the molecule is COc1ccc(Oc2cncc(CCCN(C)C(C)=O)n2)cc1. The quantitative estimate of drug-likeness (QED) is 0.786. The number of hydrogen-bond acceptors (Lipinski definition) is 5. The summed E-state index contributed by atoms with van der Waals surface area (Å²) in [4.78, 5) is 21.4. The highest BCUT2D eigenvalue weighted by molar-refractivity contribution is 5.72. The van der Waals surface area contributed by atoms with E-state index in [2.05, 4.69) is 9.97 Å². The highest BCUT2D eigenvalue weighted by atomic mass is 16.5. The van der Waals surface area contributed by atoms with Gasteiger partial charge in [-0.15, -0.1) is 0 Å². The Morgan fingerprint density at radius 2 is 1.87 bits per heavy atom. The summed E-state index contributed by atoms with van der Waals surface area (Å²) in [5.74, 6) is 1.96. The topological polar surface area (TPSA) is 64.6 Å². The third-order valence-corrected chi connectivity index (χ3v) is 3.41. The van der Waals surface area contributed by atoms with Crippen molar-refractivity contribution in [1.29, 1.82) is 0 Å². The minimum atomic E-state index is 0.0627. The zero-order chi connectivity index (χ0) is 16.7. The number of hydrogen-bond donors (Lipinski definition) is 0. The van der Waals surface area contributed by atoms with Crippen molar-refractivity contribution in [2.75, 3.05) is 20.7 Å². The molecular weight excluding hydrogens is 294 g/mol. The summed E-state index contributed by atoms with van der Waals surface area (Å²) >= 11 is 0. The summed E-state index contributed by atoms with van der Waals surface area (Å²) in [6, 6.07) is 7.28. The minimum absolute atomic E-state index is 0.0627. The maximum Gasteiger partial charge on any atom is 0.238 e. The van der Waals surface area contributed by atoms with Crippen molar-refractivity contribution in [3.8, 4) is 17.4 Å². The molecule has 2 rings (SSSR count). The van der Waals surface area contributed by atoms with Crippen molar-refractivity contribution < 1.29 is 14.3 Å². The van der Waals surface area contributed by atoms with Gasteiger partial charge in [0.1, 0.15) is 11.5 Å². The number of carbonyl (C=O) groups excluding carboxylic acids is 1. The molecule has 0 saturated heterocycles. The fourth-order valence-electron chi connectivity index (χ4n) is 1.98. The fraction of sp³-hybridized carbons (Fsp3) is 0.353. The Balaban J connectivity index is 1.92. The number of rotatable bonds is 7. The second-order valence-electron chi connectivity index (χ2n) is 5.17. The Bertz CT molecular complexity index is 644. The summed E-state index contributed by atoms with van der Waals surface area (Å²) in [6.07, 6.45) is 4.87. The molecule has 1 amide bonds. The molecule has 0 aliphatic carbocycles. The number of nitrogens with zero attached hydrogens (tertiary/aromatic N) is 3. The van der Waals surface area contributed by atoms with Crippen molar-refractivity contribution in [2.24, 2.45) is 0 Å². The zero-order valence-corrected chi connectivity index (χ0v) is 13.7. The van der Waals surface area contributed by atoms with Crippen LogP contribution in [0.5, 0.6) is 17.4 Å². The van der Waals surface area contributed by atoms with Gasteiger partial charge in [0.2, 0.25) is 11.8 Å². The molecule has 1 heterocycles. The monoisotopic (exact) mass is 315 g/mol. The Kier molecular flexibility index (Phi) is 5.91. The Labute approximate surface area is 136 Å². The van der Waals surface area contributed by atoms with Crippen LogP contribution in [-0.2, 0) is 11.2 Å². The van der Waals surface area contributed by atoms with E-state index in [0.717, 1.165) is 24.3 Å². The number of carbonyl (C=O) groups is 1. The molecule has 6 nitrogen and oxygen atoms in total. The Morgan fingerprint density at radius 3 is 2.52 bits per heavy atom. The minimum Gasteiger partial charge on any atom is -0.497 e. The largest absolute Gasteiger partial charge is 0.497 e. The van der Waals surface area contributed by atoms with E-state index < -0.39 is 0 Å². The van der Waals surface area contributed by atoms with Crippen molar-refractivity contribution >= 4 is 5.91 Å². The van der Waals surface area contributed by atoms with Gasteiger partial charge in [0.25, 0.3) is 0 Å². The van der Waals surface area contributed by atoms with Gasteiger partial charge in [-0.25, -0.2) is 4.98 Å². The highest BCUT2D eigenvalue weighted by Gasteiger charge is 2.05. The maximum absolute atomic E-state index is 11.2. The lowest BCUT2D eigenvalue weighted by Crippen LogP contribution is -2.25. The summed E-state index contributed by atoms with van der Waals surface area (Å²) in [5.41, 5.74) is 0.841. The molecule has 1 aromatic carbocycles. The van der Waals surface area contributed by atoms with Crippen LogP contribution in [-0.4, -0.2) is 41.5 Å². The average molecular weight is 315 g/mol. The molecule has 0 N–H and O–H groups in total. The van der Waals surface area contributed by atoms with Gasteiger partial charge < -0.3 is 14.4 Å². The molecule has 6 heteroatoms. The molecule has 2 aromatic rings. The van der Waals surface area contributed by atoms with Gasteiger partial charge in [0, 0.05) is 26.7 Å².